The molecule has 2 aliphatic rings. The van der Waals surface area contributed by atoms with E-state index in [1.165, 1.54) is 0 Å². The van der Waals surface area contributed by atoms with Gasteiger partial charge >= 0.3 is 12.0 Å². The second kappa shape index (κ2) is 4.76. The van der Waals surface area contributed by atoms with Crippen molar-refractivity contribution in [3.63, 3.8) is 0 Å². The van der Waals surface area contributed by atoms with Gasteiger partial charge in [-0.05, 0) is 38.3 Å². The quantitative estimate of drug-likeness (QED) is 0.864. The summed E-state index contributed by atoms with van der Waals surface area (Å²) in [6.45, 7) is 5.09. The molecule has 112 valence electrons. The number of para-hydroxylation sites is 1. The van der Waals surface area contributed by atoms with Gasteiger partial charge in [0.25, 0.3) is 0 Å². The van der Waals surface area contributed by atoms with Crippen molar-refractivity contribution in [1.82, 2.24) is 4.90 Å². The number of carbonyl (C=O) groups is 2. The van der Waals surface area contributed by atoms with Crippen LogP contribution in [0.5, 0.6) is 0 Å². The zero-order valence-corrected chi connectivity index (χ0v) is 12.4. The van der Waals surface area contributed by atoms with E-state index in [9.17, 15) is 14.7 Å². The number of fused-ring (bicyclic) bond motifs is 1. The highest BCUT2D eigenvalue weighted by atomic mass is 16.4. The van der Waals surface area contributed by atoms with Crippen LogP contribution in [0.25, 0.3) is 0 Å². The third kappa shape index (κ3) is 2.17. The van der Waals surface area contributed by atoms with E-state index in [4.69, 9.17) is 0 Å². The molecule has 0 bridgehead atoms. The number of rotatable bonds is 1. The van der Waals surface area contributed by atoms with Crippen molar-refractivity contribution in [3.05, 3.63) is 29.8 Å². The predicted molar refractivity (Wildman–Crippen MR) is 79.6 cm³/mol. The van der Waals surface area contributed by atoms with E-state index in [1.807, 2.05) is 23.1 Å². The standard InChI is InChI=1S/C16H20N2O3/c1-16(2)8-5-9-18(16)15(21)17-10-12(14(19)20)11-6-3-4-7-13(11)17/h3-4,6-7,12H,5,8-10H2,1-2H3,(H,19,20). The number of aliphatic carboxylic acids is 1. The summed E-state index contributed by atoms with van der Waals surface area (Å²) in [6.07, 6.45) is 1.98. The molecule has 21 heavy (non-hydrogen) atoms. The van der Waals surface area contributed by atoms with Gasteiger partial charge in [-0.25, -0.2) is 4.79 Å². The number of anilines is 1. The first-order valence-electron chi connectivity index (χ1n) is 7.33. The monoisotopic (exact) mass is 288 g/mol. The normalized spacial score (nSPS) is 23.2. The van der Waals surface area contributed by atoms with Gasteiger partial charge < -0.3 is 10.0 Å². The second-order valence-electron chi connectivity index (χ2n) is 6.41. The van der Waals surface area contributed by atoms with Gasteiger partial charge in [0.1, 0.15) is 5.92 Å². The molecule has 0 aliphatic carbocycles. The predicted octanol–water partition coefficient (Wildman–Crippen LogP) is 2.67. The number of nitrogens with zero attached hydrogens (tertiary/aromatic N) is 2. The Bertz CT molecular complexity index is 597. The van der Waals surface area contributed by atoms with Crippen LogP contribution in [-0.2, 0) is 4.79 Å². The van der Waals surface area contributed by atoms with Gasteiger partial charge in [-0.15, -0.1) is 0 Å². The molecule has 1 fully saturated rings. The smallest absolute Gasteiger partial charge is 0.324 e. The Balaban J connectivity index is 1.94. The summed E-state index contributed by atoms with van der Waals surface area (Å²) in [5, 5.41) is 9.38. The molecule has 5 heteroatoms. The molecule has 1 aromatic rings. The largest absolute Gasteiger partial charge is 0.481 e. The van der Waals surface area contributed by atoms with Gasteiger partial charge in [-0.1, -0.05) is 18.2 Å². The summed E-state index contributed by atoms with van der Waals surface area (Å²) >= 11 is 0. The zero-order chi connectivity index (χ0) is 15.2. The maximum Gasteiger partial charge on any atom is 0.324 e. The third-order valence-corrected chi connectivity index (χ3v) is 4.63. The number of hydrogen-bond donors (Lipinski definition) is 1. The lowest BCUT2D eigenvalue weighted by molar-refractivity contribution is -0.138. The Kier molecular flexibility index (Phi) is 3.15. The lowest BCUT2D eigenvalue weighted by Crippen LogP contribution is -2.49. The molecule has 0 saturated carbocycles. The molecule has 2 heterocycles. The SMILES string of the molecule is CC1(C)CCCN1C(=O)N1CC(C(=O)O)c2ccccc21. The molecule has 1 aromatic carbocycles. The molecule has 3 rings (SSSR count). The van der Waals surface area contributed by atoms with Crippen LogP contribution < -0.4 is 4.90 Å². The second-order valence-corrected chi connectivity index (χ2v) is 6.41. The van der Waals surface area contributed by atoms with Crippen molar-refractivity contribution >= 4 is 17.7 Å². The minimum atomic E-state index is -0.876. The number of hydrogen-bond acceptors (Lipinski definition) is 2. The first kappa shape index (κ1) is 13.9. The molecule has 0 aromatic heterocycles. The van der Waals surface area contributed by atoms with E-state index in [0.29, 0.717) is 0 Å². The maximum atomic E-state index is 12.9. The van der Waals surface area contributed by atoms with E-state index >= 15 is 0 Å². The summed E-state index contributed by atoms with van der Waals surface area (Å²) in [7, 11) is 0. The van der Waals surface area contributed by atoms with Crippen molar-refractivity contribution in [3.8, 4) is 0 Å². The summed E-state index contributed by atoms with van der Waals surface area (Å²) in [6, 6.07) is 7.23. The van der Waals surface area contributed by atoms with E-state index < -0.39 is 11.9 Å². The van der Waals surface area contributed by atoms with Crippen molar-refractivity contribution in [2.45, 2.75) is 38.1 Å². The molecule has 1 atom stereocenters. The Morgan fingerprint density at radius 3 is 2.62 bits per heavy atom. The zero-order valence-electron chi connectivity index (χ0n) is 12.4. The lowest BCUT2D eigenvalue weighted by atomic mass is 10.0. The molecular formula is C16H20N2O3. The van der Waals surface area contributed by atoms with Crippen molar-refractivity contribution in [1.29, 1.82) is 0 Å². The van der Waals surface area contributed by atoms with E-state index in [1.54, 1.807) is 11.0 Å². The highest BCUT2D eigenvalue weighted by Gasteiger charge is 2.42. The summed E-state index contributed by atoms with van der Waals surface area (Å²) < 4.78 is 0. The number of urea groups is 1. The van der Waals surface area contributed by atoms with Crippen LogP contribution in [-0.4, -0.2) is 40.6 Å². The van der Waals surface area contributed by atoms with Gasteiger partial charge in [0, 0.05) is 24.3 Å². The van der Waals surface area contributed by atoms with Gasteiger partial charge in [0.05, 0.1) is 0 Å². The first-order valence-corrected chi connectivity index (χ1v) is 7.33. The highest BCUT2D eigenvalue weighted by molar-refractivity contribution is 5.98. The summed E-state index contributed by atoms with van der Waals surface area (Å²) in [4.78, 5) is 27.8. The van der Waals surface area contributed by atoms with Crippen molar-refractivity contribution < 1.29 is 14.7 Å². The molecule has 0 spiro atoms. The molecule has 0 radical (unpaired) electrons. The summed E-state index contributed by atoms with van der Waals surface area (Å²) in [5.74, 6) is -1.51. The molecule has 1 saturated heterocycles. The maximum absolute atomic E-state index is 12.9. The van der Waals surface area contributed by atoms with Crippen LogP contribution in [0.1, 0.15) is 38.2 Å². The number of amides is 2. The fraction of sp³-hybridized carbons (Fsp3) is 0.500. The summed E-state index contributed by atoms with van der Waals surface area (Å²) in [5.41, 5.74) is 1.31. The van der Waals surface area contributed by atoms with Gasteiger partial charge in [0.15, 0.2) is 0 Å². The number of carboxylic acid groups (broad SMARTS) is 1. The molecule has 1 unspecified atom stereocenters. The molecule has 5 nitrogen and oxygen atoms in total. The Morgan fingerprint density at radius 1 is 1.29 bits per heavy atom. The minimum absolute atomic E-state index is 0.0753. The molecule has 1 N–H and O–H groups in total. The third-order valence-electron chi connectivity index (χ3n) is 4.63. The van der Waals surface area contributed by atoms with Crippen LogP contribution >= 0.6 is 0 Å². The lowest BCUT2D eigenvalue weighted by Gasteiger charge is -2.35. The van der Waals surface area contributed by atoms with Crippen LogP contribution in [0, 0.1) is 0 Å². The molecular weight excluding hydrogens is 268 g/mol. The topological polar surface area (TPSA) is 60.9 Å². The van der Waals surface area contributed by atoms with Crippen LogP contribution in [0.4, 0.5) is 10.5 Å². The average Bonchev–Trinajstić information content (AvgIpc) is 2.98. The first-order chi connectivity index (χ1) is 9.92. The Hall–Kier alpha value is -2.04. The van der Waals surface area contributed by atoms with Gasteiger partial charge in [0.2, 0.25) is 0 Å². The van der Waals surface area contributed by atoms with E-state index in [0.717, 1.165) is 30.6 Å². The van der Waals surface area contributed by atoms with Gasteiger partial charge in [-0.2, -0.15) is 0 Å². The minimum Gasteiger partial charge on any atom is -0.481 e. The highest BCUT2D eigenvalue weighted by Crippen LogP contribution is 2.39. The molecule has 2 amide bonds. The number of carbonyl (C=O) groups excluding carboxylic acids is 1. The van der Waals surface area contributed by atoms with E-state index in [2.05, 4.69) is 13.8 Å². The van der Waals surface area contributed by atoms with E-state index in [-0.39, 0.29) is 18.1 Å². The average molecular weight is 288 g/mol. The van der Waals surface area contributed by atoms with Crippen LogP contribution in [0.3, 0.4) is 0 Å². The fourth-order valence-corrected chi connectivity index (χ4v) is 3.41. The Labute approximate surface area is 124 Å². The van der Waals surface area contributed by atoms with Crippen LogP contribution in [0.15, 0.2) is 24.3 Å². The number of benzene rings is 1. The Morgan fingerprint density at radius 2 is 2.00 bits per heavy atom. The number of likely N-dealkylation sites (tertiary alicyclic amines) is 1. The molecule has 2 aliphatic heterocycles. The fourth-order valence-electron chi connectivity index (χ4n) is 3.41. The van der Waals surface area contributed by atoms with Crippen molar-refractivity contribution in [2.24, 2.45) is 0 Å². The van der Waals surface area contributed by atoms with Crippen molar-refractivity contribution in [2.75, 3.05) is 18.0 Å². The van der Waals surface area contributed by atoms with Gasteiger partial charge in [-0.3, -0.25) is 9.69 Å². The van der Waals surface area contributed by atoms with Crippen LogP contribution in [0.2, 0.25) is 0 Å². The number of carboxylic acids is 1.